The molecule has 0 spiro atoms. The third kappa shape index (κ3) is 3.61. The smallest absolute Gasteiger partial charge is 0.228 e. The van der Waals surface area contributed by atoms with E-state index in [4.69, 9.17) is 0 Å². The van der Waals surface area contributed by atoms with E-state index in [9.17, 15) is 13.6 Å². The standard InChI is InChI=1S/C14H10BrF2NO/c15-10-3-1-2-4-13(10)18-14(19)8-9-5-6-11(16)12(17)7-9/h1-7H,8H2,(H,18,19). The minimum absolute atomic E-state index is 0.0153. The Morgan fingerprint density at radius 1 is 1.11 bits per heavy atom. The van der Waals surface area contributed by atoms with Crippen molar-refractivity contribution in [2.24, 2.45) is 0 Å². The van der Waals surface area contributed by atoms with Crippen LogP contribution in [0.5, 0.6) is 0 Å². The summed E-state index contributed by atoms with van der Waals surface area (Å²) in [6.07, 6.45) is -0.0153. The highest BCUT2D eigenvalue weighted by atomic mass is 79.9. The molecule has 0 aliphatic heterocycles. The fourth-order valence-corrected chi connectivity index (χ4v) is 1.98. The second-order valence-corrected chi connectivity index (χ2v) is 4.81. The van der Waals surface area contributed by atoms with Crippen LogP contribution in [0.2, 0.25) is 0 Å². The highest BCUT2D eigenvalue weighted by Gasteiger charge is 2.08. The number of carbonyl (C=O) groups is 1. The van der Waals surface area contributed by atoms with Crippen molar-refractivity contribution in [3.8, 4) is 0 Å². The highest BCUT2D eigenvalue weighted by Crippen LogP contribution is 2.21. The molecule has 0 radical (unpaired) electrons. The Hall–Kier alpha value is -1.75. The Labute approximate surface area is 117 Å². The van der Waals surface area contributed by atoms with Gasteiger partial charge in [0, 0.05) is 4.47 Å². The van der Waals surface area contributed by atoms with E-state index in [1.54, 1.807) is 18.2 Å². The maximum absolute atomic E-state index is 13.0. The van der Waals surface area contributed by atoms with Gasteiger partial charge in [-0.1, -0.05) is 18.2 Å². The van der Waals surface area contributed by atoms with E-state index in [1.165, 1.54) is 6.07 Å². The fraction of sp³-hybridized carbons (Fsp3) is 0.0714. The van der Waals surface area contributed by atoms with Gasteiger partial charge in [-0.2, -0.15) is 0 Å². The fourth-order valence-electron chi connectivity index (χ4n) is 1.59. The molecule has 1 N–H and O–H groups in total. The lowest BCUT2D eigenvalue weighted by Gasteiger charge is -2.07. The lowest BCUT2D eigenvalue weighted by Crippen LogP contribution is -2.14. The van der Waals surface area contributed by atoms with Crippen LogP contribution in [0.3, 0.4) is 0 Å². The van der Waals surface area contributed by atoms with Gasteiger partial charge in [0.05, 0.1) is 12.1 Å². The van der Waals surface area contributed by atoms with E-state index in [0.29, 0.717) is 11.3 Å². The number of hydrogen-bond donors (Lipinski definition) is 1. The predicted molar refractivity (Wildman–Crippen MR) is 72.8 cm³/mol. The first-order valence-electron chi connectivity index (χ1n) is 5.54. The Kier molecular flexibility index (Phi) is 4.27. The quantitative estimate of drug-likeness (QED) is 0.910. The van der Waals surface area contributed by atoms with Crippen molar-refractivity contribution in [3.63, 3.8) is 0 Å². The van der Waals surface area contributed by atoms with E-state index in [1.807, 2.05) is 6.07 Å². The number of benzene rings is 2. The van der Waals surface area contributed by atoms with E-state index in [-0.39, 0.29) is 12.3 Å². The highest BCUT2D eigenvalue weighted by molar-refractivity contribution is 9.10. The van der Waals surface area contributed by atoms with Gasteiger partial charge in [-0.3, -0.25) is 4.79 Å². The van der Waals surface area contributed by atoms with Crippen LogP contribution in [0.1, 0.15) is 5.56 Å². The number of carbonyl (C=O) groups excluding carboxylic acids is 1. The number of para-hydroxylation sites is 1. The third-order valence-corrected chi connectivity index (χ3v) is 3.19. The molecular formula is C14H10BrF2NO. The summed E-state index contributed by atoms with van der Waals surface area (Å²) in [6.45, 7) is 0. The second-order valence-electron chi connectivity index (χ2n) is 3.95. The summed E-state index contributed by atoms with van der Waals surface area (Å²) in [4.78, 5) is 11.8. The van der Waals surface area contributed by atoms with E-state index < -0.39 is 11.6 Å². The molecule has 2 aromatic rings. The average Bonchev–Trinajstić information content (AvgIpc) is 2.37. The van der Waals surface area contributed by atoms with Crippen molar-refractivity contribution in [2.45, 2.75) is 6.42 Å². The molecule has 1 amide bonds. The summed E-state index contributed by atoms with van der Waals surface area (Å²) in [5.41, 5.74) is 1.05. The van der Waals surface area contributed by atoms with Gasteiger partial charge >= 0.3 is 0 Å². The Balaban J connectivity index is 2.05. The predicted octanol–water partition coefficient (Wildman–Crippen LogP) is 3.91. The molecule has 0 saturated carbocycles. The topological polar surface area (TPSA) is 29.1 Å². The van der Waals surface area contributed by atoms with Crippen molar-refractivity contribution in [1.82, 2.24) is 0 Å². The minimum Gasteiger partial charge on any atom is -0.325 e. The Morgan fingerprint density at radius 2 is 1.84 bits per heavy atom. The van der Waals surface area contributed by atoms with Crippen molar-refractivity contribution in [2.75, 3.05) is 5.32 Å². The van der Waals surface area contributed by atoms with Gasteiger partial charge in [0.2, 0.25) is 5.91 Å². The lowest BCUT2D eigenvalue weighted by molar-refractivity contribution is -0.115. The molecule has 5 heteroatoms. The summed E-state index contributed by atoms with van der Waals surface area (Å²) in [7, 11) is 0. The molecule has 0 aromatic heterocycles. The van der Waals surface area contributed by atoms with Crippen LogP contribution in [-0.4, -0.2) is 5.91 Å². The number of anilines is 1. The molecule has 98 valence electrons. The van der Waals surface area contributed by atoms with Crippen LogP contribution in [0.15, 0.2) is 46.9 Å². The third-order valence-electron chi connectivity index (χ3n) is 2.50. The van der Waals surface area contributed by atoms with Crippen LogP contribution in [0, 0.1) is 11.6 Å². The summed E-state index contributed by atoms with van der Waals surface area (Å²) in [5, 5.41) is 2.69. The summed E-state index contributed by atoms with van der Waals surface area (Å²) < 4.78 is 26.5. The molecule has 0 heterocycles. The Morgan fingerprint density at radius 3 is 2.53 bits per heavy atom. The zero-order valence-corrected chi connectivity index (χ0v) is 11.4. The number of halogens is 3. The SMILES string of the molecule is O=C(Cc1ccc(F)c(F)c1)Nc1ccccc1Br. The number of nitrogens with one attached hydrogen (secondary N) is 1. The molecule has 0 atom stereocenters. The average molecular weight is 326 g/mol. The molecule has 2 nitrogen and oxygen atoms in total. The van der Waals surface area contributed by atoms with Gasteiger partial charge in [0.1, 0.15) is 0 Å². The first-order valence-corrected chi connectivity index (χ1v) is 6.34. The zero-order chi connectivity index (χ0) is 13.8. The molecule has 2 rings (SSSR count). The normalized spacial score (nSPS) is 10.3. The van der Waals surface area contributed by atoms with Gasteiger partial charge in [-0.25, -0.2) is 8.78 Å². The zero-order valence-electron chi connectivity index (χ0n) is 9.79. The van der Waals surface area contributed by atoms with Gasteiger partial charge in [-0.15, -0.1) is 0 Å². The molecule has 19 heavy (non-hydrogen) atoms. The van der Waals surface area contributed by atoms with E-state index in [0.717, 1.165) is 16.6 Å². The van der Waals surface area contributed by atoms with Crippen LogP contribution < -0.4 is 5.32 Å². The first-order chi connectivity index (χ1) is 9.06. The van der Waals surface area contributed by atoms with Gasteiger partial charge < -0.3 is 5.32 Å². The van der Waals surface area contributed by atoms with Crippen molar-refractivity contribution in [3.05, 3.63) is 64.1 Å². The van der Waals surface area contributed by atoms with Crippen LogP contribution in [-0.2, 0) is 11.2 Å². The van der Waals surface area contributed by atoms with Crippen molar-refractivity contribution >= 4 is 27.5 Å². The first kappa shape index (κ1) is 13.7. The number of amides is 1. The second kappa shape index (κ2) is 5.93. The molecule has 0 bridgehead atoms. The number of rotatable bonds is 3. The monoisotopic (exact) mass is 325 g/mol. The molecule has 2 aromatic carbocycles. The van der Waals surface area contributed by atoms with Crippen molar-refractivity contribution < 1.29 is 13.6 Å². The van der Waals surface area contributed by atoms with Crippen LogP contribution >= 0.6 is 15.9 Å². The van der Waals surface area contributed by atoms with Gasteiger partial charge in [0.15, 0.2) is 11.6 Å². The van der Waals surface area contributed by atoms with Crippen LogP contribution in [0.25, 0.3) is 0 Å². The van der Waals surface area contributed by atoms with E-state index in [2.05, 4.69) is 21.2 Å². The summed E-state index contributed by atoms with van der Waals surface area (Å²) in [6, 6.07) is 10.6. The lowest BCUT2D eigenvalue weighted by atomic mass is 10.1. The van der Waals surface area contributed by atoms with E-state index >= 15 is 0 Å². The molecular weight excluding hydrogens is 316 g/mol. The molecule has 0 fully saturated rings. The van der Waals surface area contributed by atoms with Crippen LogP contribution in [0.4, 0.5) is 14.5 Å². The maximum atomic E-state index is 13.0. The largest absolute Gasteiger partial charge is 0.325 e. The molecule has 0 saturated heterocycles. The summed E-state index contributed by atoms with van der Waals surface area (Å²) in [5.74, 6) is -2.17. The summed E-state index contributed by atoms with van der Waals surface area (Å²) >= 11 is 3.31. The maximum Gasteiger partial charge on any atom is 0.228 e. The molecule has 0 unspecified atom stereocenters. The number of hydrogen-bond acceptors (Lipinski definition) is 1. The molecule has 0 aliphatic rings. The molecule has 0 aliphatic carbocycles. The minimum atomic E-state index is -0.953. The van der Waals surface area contributed by atoms with Crippen molar-refractivity contribution in [1.29, 1.82) is 0 Å². The Bertz CT molecular complexity index is 616. The van der Waals surface area contributed by atoms with Gasteiger partial charge in [0.25, 0.3) is 0 Å². The van der Waals surface area contributed by atoms with Gasteiger partial charge in [-0.05, 0) is 45.8 Å².